The highest BCUT2D eigenvalue weighted by Crippen LogP contribution is 2.27. The van der Waals surface area contributed by atoms with Gasteiger partial charge in [0.1, 0.15) is 11.6 Å². The van der Waals surface area contributed by atoms with Gasteiger partial charge in [-0.2, -0.15) is 13.9 Å². The Labute approximate surface area is 187 Å². The van der Waals surface area contributed by atoms with Crippen LogP contribution in [-0.2, 0) is 22.4 Å². The molecule has 1 aliphatic rings. The third-order valence-electron chi connectivity index (χ3n) is 5.14. The molecule has 1 amide bonds. The zero-order chi connectivity index (χ0) is 23.4. The van der Waals surface area contributed by atoms with Crippen molar-refractivity contribution in [3.8, 4) is 11.4 Å². The van der Waals surface area contributed by atoms with Gasteiger partial charge in [0.25, 0.3) is 5.91 Å². The molecule has 0 saturated carbocycles. The molecular weight excluding hydrogens is 439 g/mol. The third-order valence-corrected chi connectivity index (χ3v) is 5.14. The van der Waals surface area contributed by atoms with Crippen LogP contribution in [0.5, 0.6) is 5.75 Å². The first-order chi connectivity index (χ1) is 15.9. The number of rotatable bonds is 7. The summed E-state index contributed by atoms with van der Waals surface area (Å²) in [5.74, 6) is -1.75. The number of fused-ring (bicyclic) bond motifs is 1. The van der Waals surface area contributed by atoms with Crippen molar-refractivity contribution in [3.63, 3.8) is 0 Å². The smallest absolute Gasteiger partial charge is 0.387 e. The fourth-order valence-electron chi connectivity index (χ4n) is 3.68. The van der Waals surface area contributed by atoms with Gasteiger partial charge >= 0.3 is 12.6 Å². The van der Waals surface area contributed by atoms with E-state index in [1.165, 1.54) is 36.4 Å². The second-order valence-corrected chi connectivity index (χ2v) is 7.40. The van der Waals surface area contributed by atoms with Crippen molar-refractivity contribution in [1.82, 2.24) is 9.78 Å². The van der Waals surface area contributed by atoms with Gasteiger partial charge in [-0.15, -0.1) is 0 Å². The molecule has 172 valence electrons. The van der Waals surface area contributed by atoms with E-state index in [4.69, 9.17) is 4.74 Å². The number of aromatic nitrogens is 2. The second kappa shape index (κ2) is 9.76. The van der Waals surface area contributed by atoms with E-state index >= 15 is 0 Å². The van der Waals surface area contributed by atoms with Gasteiger partial charge in [-0.3, -0.25) is 4.79 Å². The Kier molecular flexibility index (Phi) is 6.62. The molecule has 2 aromatic carbocycles. The van der Waals surface area contributed by atoms with Gasteiger partial charge in [0, 0.05) is 16.9 Å². The van der Waals surface area contributed by atoms with Gasteiger partial charge in [-0.05, 0) is 74.2 Å². The molecule has 1 aliphatic carbocycles. The molecule has 33 heavy (non-hydrogen) atoms. The molecule has 0 bridgehead atoms. The van der Waals surface area contributed by atoms with Crippen molar-refractivity contribution in [1.29, 1.82) is 0 Å². The van der Waals surface area contributed by atoms with E-state index in [9.17, 15) is 22.8 Å². The summed E-state index contributed by atoms with van der Waals surface area (Å²) in [7, 11) is 0. The lowest BCUT2D eigenvalue weighted by Gasteiger charge is -2.14. The van der Waals surface area contributed by atoms with E-state index in [-0.39, 0.29) is 17.3 Å². The largest absolute Gasteiger partial charge is 0.451 e. The summed E-state index contributed by atoms with van der Waals surface area (Å²) in [5.41, 5.74) is 2.73. The van der Waals surface area contributed by atoms with Crippen molar-refractivity contribution in [2.45, 2.75) is 32.3 Å². The molecule has 1 heterocycles. The molecule has 4 rings (SSSR count). The number of hydrogen-bond acceptors (Lipinski definition) is 5. The lowest BCUT2D eigenvalue weighted by molar-refractivity contribution is -0.119. The zero-order valence-corrected chi connectivity index (χ0v) is 17.4. The molecule has 0 atom stereocenters. The first-order valence-corrected chi connectivity index (χ1v) is 10.3. The van der Waals surface area contributed by atoms with Gasteiger partial charge in [0.15, 0.2) is 12.3 Å². The van der Waals surface area contributed by atoms with Gasteiger partial charge in [0.2, 0.25) is 0 Å². The number of esters is 1. The number of alkyl halides is 2. The number of anilines is 1. The van der Waals surface area contributed by atoms with Gasteiger partial charge in [-0.25, -0.2) is 13.9 Å². The van der Waals surface area contributed by atoms with Crippen molar-refractivity contribution in [3.05, 3.63) is 71.3 Å². The molecule has 0 spiro atoms. The second-order valence-electron chi connectivity index (χ2n) is 7.40. The number of carbonyl (C=O) groups is 2. The standard InChI is InChI=1S/C23H20F3N3O4/c24-14-5-9-16(10-6-14)29-19-4-2-1-3-18(19)21(28-29)22(31)32-13-20(30)27-15-7-11-17(12-8-15)33-23(25)26/h5-12,23H,1-4,13H2,(H,27,30). The number of halogens is 3. The number of nitrogens with one attached hydrogen (secondary N) is 1. The molecule has 7 nitrogen and oxygen atoms in total. The van der Waals surface area contributed by atoms with Crippen LogP contribution in [0.15, 0.2) is 48.5 Å². The summed E-state index contributed by atoms with van der Waals surface area (Å²) < 4.78 is 48.7. The highest BCUT2D eigenvalue weighted by Gasteiger charge is 2.27. The quantitative estimate of drug-likeness (QED) is 0.533. The monoisotopic (exact) mass is 459 g/mol. The van der Waals surface area contributed by atoms with Crippen molar-refractivity contribution >= 4 is 17.6 Å². The molecule has 0 unspecified atom stereocenters. The van der Waals surface area contributed by atoms with E-state index in [0.29, 0.717) is 17.8 Å². The minimum absolute atomic E-state index is 0.0454. The predicted molar refractivity (Wildman–Crippen MR) is 112 cm³/mol. The fraction of sp³-hybridized carbons (Fsp3) is 0.261. The molecule has 0 aliphatic heterocycles. The van der Waals surface area contributed by atoms with Gasteiger partial charge in [0.05, 0.1) is 5.69 Å². The van der Waals surface area contributed by atoms with Crippen LogP contribution < -0.4 is 10.1 Å². The van der Waals surface area contributed by atoms with Gasteiger partial charge in [-0.1, -0.05) is 0 Å². The maximum absolute atomic E-state index is 13.3. The van der Waals surface area contributed by atoms with Crippen LogP contribution in [0.1, 0.15) is 34.6 Å². The maximum Gasteiger partial charge on any atom is 0.387 e. The summed E-state index contributed by atoms with van der Waals surface area (Å²) in [5, 5.41) is 6.91. The summed E-state index contributed by atoms with van der Waals surface area (Å²) in [4.78, 5) is 24.9. The van der Waals surface area contributed by atoms with Crippen LogP contribution >= 0.6 is 0 Å². The summed E-state index contributed by atoms with van der Waals surface area (Å²) >= 11 is 0. The third kappa shape index (κ3) is 5.33. The van der Waals surface area contributed by atoms with E-state index in [2.05, 4.69) is 15.2 Å². The fourth-order valence-corrected chi connectivity index (χ4v) is 3.68. The molecule has 1 N–H and O–H groups in total. The number of nitrogens with zero attached hydrogens (tertiary/aromatic N) is 2. The summed E-state index contributed by atoms with van der Waals surface area (Å²) in [6, 6.07) is 11.1. The zero-order valence-electron chi connectivity index (χ0n) is 17.4. The van der Waals surface area contributed by atoms with Crippen molar-refractivity contribution in [2.24, 2.45) is 0 Å². The van der Waals surface area contributed by atoms with Crippen LogP contribution in [0.25, 0.3) is 5.69 Å². The van der Waals surface area contributed by atoms with Crippen molar-refractivity contribution in [2.75, 3.05) is 11.9 Å². The average molecular weight is 459 g/mol. The number of ether oxygens (including phenoxy) is 2. The predicted octanol–water partition coefficient (Wildman–Crippen LogP) is 4.29. The first kappa shape index (κ1) is 22.4. The Hall–Kier alpha value is -3.82. The average Bonchev–Trinajstić information content (AvgIpc) is 3.19. The normalized spacial score (nSPS) is 12.8. The highest BCUT2D eigenvalue weighted by molar-refractivity contribution is 5.95. The topological polar surface area (TPSA) is 82.5 Å². The Bertz CT molecular complexity index is 1150. The van der Waals surface area contributed by atoms with Crippen LogP contribution in [0, 0.1) is 5.82 Å². The molecular formula is C23H20F3N3O4. The number of carbonyl (C=O) groups excluding carboxylic acids is 2. The molecule has 3 aromatic rings. The minimum atomic E-state index is -2.94. The molecule has 0 saturated heterocycles. The number of hydrogen-bond donors (Lipinski definition) is 1. The van der Waals surface area contributed by atoms with Crippen molar-refractivity contribution < 1.29 is 32.2 Å². The van der Waals surface area contributed by atoms with E-state index < -0.39 is 25.1 Å². The minimum Gasteiger partial charge on any atom is -0.451 e. The van der Waals surface area contributed by atoms with Crippen LogP contribution in [0.2, 0.25) is 0 Å². The van der Waals surface area contributed by atoms with E-state index in [0.717, 1.165) is 30.5 Å². The molecule has 0 radical (unpaired) electrons. The summed E-state index contributed by atoms with van der Waals surface area (Å²) in [6.07, 6.45) is 3.21. The van der Waals surface area contributed by atoms with E-state index in [1.54, 1.807) is 16.8 Å². The molecule has 1 aromatic heterocycles. The van der Waals surface area contributed by atoms with Crippen LogP contribution in [0.4, 0.5) is 18.9 Å². The van der Waals surface area contributed by atoms with Crippen LogP contribution in [-0.4, -0.2) is 34.9 Å². The Morgan fingerprint density at radius 2 is 1.73 bits per heavy atom. The first-order valence-electron chi connectivity index (χ1n) is 10.3. The molecule has 0 fully saturated rings. The Balaban J connectivity index is 1.42. The lowest BCUT2D eigenvalue weighted by Crippen LogP contribution is -2.21. The van der Waals surface area contributed by atoms with E-state index in [1.807, 2.05) is 0 Å². The Morgan fingerprint density at radius 1 is 1.03 bits per heavy atom. The number of amides is 1. The van der Waals surface area contributed by atoms with Crippen LogP contribution in [0.3, 0.4) is 0 Å². The molecule has 10 heteroatoms. The SMILES string of the molecule is O=C(COC(=O)c1nn(-c2ccc(F)cc2)c2c1CCCC2)Nc1ccc(OC(F)F)cc1. The lowest BCUT2D eigenvalue weighted by atomic mass is 9.95. The van der Waals surface area contributed by atoms with Gasteiger partial charge < -0.3 is 14.8 Å². The maximum atomic E-state index is 13.3. The highest BCUT2D eigenvalue weighted by atomic mass is 19.3. The Morgan fingerprint density at radius 3 is 2.42 bits per heavy atom. The summed E-state index contributed by atoms with van der Waals surface area (Å²) in [6.45, 7) is -3.49. The number of benzene rings is 2.